The Labute approximate surface area is 130 Å². The van der Waals surface area contributed by atoms with Crippen molar-refractivity contribution in [2.75, 3.05) is 24.5 Å². The summed E-state index contributed by atoms with van der Waals surface area (Å²) in [6.07, 6.45) is 3.96. The lowest BCUT2D eigenvalue weighted by molar-refractivity contribution is 0.213. The Balaban J connectivity index is 1.63. The van der Waals surface area contributed by atoms with Gasteiger partial charge in [0, 0.05) is 50.0 Å². The van der Waals surface area contributed by atoms with Gasteiger partial charge in [0.2, 0.25) is 0 Å². The van der Waals surface area contributed by atoms with Crippen LogP contribution >= 0.6 is 11.3 Å². The van der Waals surface area contributed by atoms with E-state index < -0.39 is 0 Å². The van der Waals surface area contributed by atoms with E-state index in [-0.39, 0.29) is 0 Å². The zero-order valence-electron chi connectivity index (χ0n) is 13.0. The normalized spacial score (nSPS) is 20.1. The van der Waals surface area contributed by atoms with E-state index in [9.17, 15) is 0 Å². The fourth-order valence-corrected chi connectivity index (χ4v) is 3.85. The van der Waals surface area contributed by atoms with E-state index in [1.807, 2.05) is 6.20 Å². The first kappa shape index (κ1) is 14.5. The van der Waals surface area contributed by atoms with Gasteiger partial charge in [0.1, 0.15) is 5.82 Å². The lowest BCUT2D eigenvalue weighted by Crippen LogP contribution is -2.51. The molecule has 1 fully saturated rings. The Morgan fingerprint density at radius 2 is 2.24 bits per heavy atom. The second-order valence-electron chi connectivity index (χ2n) is 5.68. The summed E-state index contributed by atoms with van der Waals surface area (Å²) in [4.78, 5) is 14.0. The molecule has 0 aromatic carbocycles. The minimum Gasteiger partial charge on any atom is -0.343 e. The number of aromatic nitrogens is 3. The van der Waals surface area contributed by atoms with Crippen LogP contribution in [0.3, 0.4) is 0 Å². The summed E-state index contributed by atoms with van der Waals surface area (Å²) in [5.74, 6) is 1.17. The standard InChI is InChI=1S/C15H23N5S/c1-4-19-6-5-16-14(19)10-18-7-8-20(13(3)9-18)15-17-12(2)11-21-15/h5-6,11,13H,4,7-10H2,1-3H3. The number of rotatable bonds is 4. The highest BCUT2D eigenvalue weighted by Gasteiger charge is 2.26. The molecule has 3 rings (SSSR count). The highest BCUT2D eigenvalue weighted by atomic mass is 32.1. The van der Waals surface area contributed by atoms with Crippen LogP contribution in [0.4, 0.5) is 5.13 Å². The van der Waals surface area contributed by atoms with E-state index in [2.05, 4.69) is 56.7 Å². The second-order valence-corrected chi connectivity index (χ2v) is 6.52. The van der Waals surface area contributed by atoms with E-state index >= 15 is 0 Å². The fourth-order valence-electron chi connectivity index (χ4n) is 2.91. The summed E-state index contributed by atoms with van der Waals surface area (Å²) in [5, 5.41) is 3.29. The van der Waals surface area contributed by atoms with Crippen molar-refractivity contribution in [1.29, 1.82) is 0 Å². The molecule has 1 unspecified atom stereocenters. The first-order valence-electron chi connectivity index (χ1n) is 7.58. The van der Waals surface area contributed by atoms with Crippen molar-refractivity contribution < 1.29 is 0 Å². The largest absolute Gasteiger partial charge is 0.343 e. The summed E-state index contributed by atoms with van der Waals surface area (Å²) in [5.41, 5.74) is 1.12. The average Bonchev–Trinajstić information content (AvgIpc) is 3.08. The van der Waals surface area contributed by atoms with Gasteiger partial charge >= 0.3 is 0 Å². The molecule has 0 saturated carbocycles. The molecule has 1 saturated heterocycles. The highest BCUT2D eigenvalue weighted by Crippen LogP contribution is 2.24. The molecule has 5 nitrogen and oxygen atoms in total. The number of hydrogen-bond acceptors (Lipinski definition) is 5. The van der Waals surface area contributed by atoms with Crippen molar-refractivity contribution in [2.24, 2.45) is 0 Å². The lowest BCUT2D eigenvalue weighted by Gasteiger charge is -2.39. The number of anilines is 1. The van der Waals surface area contributed by atoms with Gasteiger partial charge in [-0.2, -0.15) is 0 Å². The maximum Gasteiger partial charge on any atom is 0.185 e. The number of hydrogen-bond donors (Lipinski definition) is 0. The highest BCUT2D eigenvalue weighted by molar-refractivity contribution is 7.13. The van der Waals surface area contributed by atoms with Crippen molar-refractivity contribution in [2.45, 2.75) is 39.9 Å². The average molecular weight is 305 g/mol. The number of nitrogens with zero attached hydrogens (tertiary/aromatic N) is 5. The van der Waals surface area contributed by atoms with Crippen molar-refractivity contribution >= 4 is 16.5 Å². The Hall–Kier alpha value is -1.40. The van der Waals surface area contributed by atoms with Crippen LogP contribution in [-0.4, -0.2) is 45.1 Å². The smallest absolute Gasteiger partial charge is 0.185 e. The van der Waals surface area contributed by atoms with Crippen molar-refractivity contribution in [1.82, 2.24) is 19.4 Å². The topological polar surface area (TPSA) is 37.2 Å². The van der Waals surface area contributed by atoms with E-state index in [1.54, 1.807) is 11.3 Å². The molecule has 0 radical (unpaired) electrons. The van der Waals surface area contributed by atoms with Crippen LogP contribution in [0.15, 0.2) is 17.8 Å². The van der Waals surface area contributed by atoms with Crippen molar-refractivity contribution in [3.8, 4) is 0 Å². The summed E-state index contributed by atoms with van der Waals surface area (Å²) in [6.45, 7) is 11.6. The summed E-state index contributed by atoms with van der Waals surface area (Å²) in [6, 6.07) is 0.495. The van der Waals surface area contributed by atoms with Gasteiger partial charge in [-0.05, 0) is 20.8 Å². The minimum absolute atomic E-state index is 0.495. The first-order chi connectivity index (χ1) is 10.2. The molecular formula is C15H23N5S. The van der Waals surface area contributed by atoms with Gasteiger partial charge in [0.25, 0.3) is 0 Å². The summed E-state index contributed by atoms with van der Waals surface area (Å²) < 4.78 is 2.22. The third kappa shape index (κ3) is 3.11. The van der Waals surface area contributed by atoms with Gasteiger partial charge in [-0.3, -0.25) is 4.90 Å². The molecule has 21 heavy (non-hydrogen) atoms. The molecule has 114 valence electrons. The van der Waals surface area contributed by atoms with Crippen molar-refractivity contribution in [3.05, 3.63) is 29.3 Å². The summed E-state index contributed by atoms with van der Waals surface area (Å²) in [7, 11) is 0. The Kier molecular flexibility index (Phi) is 4.26. The molecular weight excluding hydrogens is 282 g/mol. The molecule has 0 aliphatic carbocycles. The zero-order chi connectivity index (χ0) is 14.8. The Morgan fingerprint density at radius 1 is 1.38 bits per heavy atom. The van der Waals surface area contributed by atoms with Gasteiger partial charge < -0.3 is 9.47 Å². The first-order valence-corrected chi connectivity index (χ1v) is 8.46. The molecule has 1 atom stereocenters. The van der Waals surface area contributed by atoms with E-state index in [4.69, 9.17) is 0 Å². The number of thiazole rings is 1. The molecule has 0 amide bonds. The summed E-state index contributed by atoms with van der Waals surface area (Å²) >= 11 is 1.75. The number of imidazole rings is 1. The number of piperazine rings is 1. The molecule has 3 heterocycles. The minimum atomic E-state index is 0.495. The lowest BCUT2D eigenvalue weighted by atomic mass is 10.2. The molecule has 0 spiro atoms. The van der Waals surface area contributed by atoms with Gasteiger partial charge in [-0.1, -0.05) is 0 Å². The monoisotopic (exact) mass is 305 g/mol. The van der Waals surface area contributed by atoms with Gasteiger partial charge in [0.15, 0.2) is 5.13 Å². The van der Waals surface area contributed by atoms with Gasteiger partial charge in [0.05, 0.1) is 12.2 Å². The molecule has 0 N–H and O–H groups in total. The predicted molar refractivity (Wildman–Crippen MR) is 86.8 cm³/mol. The van der Waals surface area contributed by atoms with Crippen molar-refractivity contribution in [3.63, 3.8) is 0 Å². The fraction of sp³-hybridized carbons (Fsp3) is 0.600. The van der Waals surface area contributed by atoms with E-state index in [0.717, 1.165) is 43.5 Å². The molecule has 6 heteroatoms. The molecule has 1 aliphatic rings. The van der Waals surface area contributed by atoms with Crippen LogP contribution in [0.2, 0.25) is 0 Å². The molecule has 1 aliphatic heterocycles. The Bertz CT molecular complexity index is 590. The van der Waals surface area contributed by atoms with Crippen LogP contribution in [0.25, 0.3) is 0 Å². The predicted octanol–water partition coefficient (Wildman–Crippen LogP) is 2.38. The quantitative estimate of drug-likeness (QED) is 0.869. The third-order valence-electron chi connectivity index (χ3n) is 4.07. The van der Waals surface area contributed by atoms with E-state index in [0.29, 0.717) is 6.04 Å². The van der Waals surface area contributed by atoms with Crippen LogP contribution in [0.5, 0.6) is 0 Å². The van der Waals surface area contributed by atoms with Crippen LogP contribution < -0.4 is 4.90 Å². The van der Waals surface area contributed by atoms with Gasteiger partial charge in [-0.25, -0.2) is 9.97 Å². The second kappa shape index (κ2) is 6.15. The van der Waals surface area contributed by atoms with Crippen LogP contribution in [0.1, 0.15) is 25.4 Å². The van der Waals surface area contributed by atoms with E-state index in [1.165, 1.54) is 5.82 Å². The zero-order valence-corrected chi connectivity index (χ0v) is 13.8. The number of aryl methyl sites for hydroxylation is 2. The van der Waals surface area contributed by atoms with Gasteiger partial charge in [-0.15, -0.1) is 11.3 Å². The SMILES string of the molecule is CCn1ccnc1CN1CCN(c2nc(C)cs2)C(C)C1. The molecule has 2 aromatic heterocycles. The van der Waals surface area contributed by atoms with Crippen LogP contribution in [0, 0.1) is 6.92 Å². The van der Waals surface area contributed by atoms with Crippen LogP contribution in [-0.2, 0) is 13.1 Å². The molecule has 0 bridgehead atoms. The third-order valence-corrected chi connectivity index (χ3v) is 5.07. The Morgan fingerprint density at radius 3 is 2.90 bits per heavy atom. The maximum absolute atomic E-state index is 4.62. The molecule has 2 aromatic rings. The maximum atomic E-state index is 4.62.